The normalized spacial score (nSPS) is 17.1. The maximum atomic E-state index is 14.1. The largest absolute Gasteiger partial charge is 0.507 e. The van der Waals surface area contributed by atoms with Gasteiger partial charge in [-0.15, -0.1) is 0 Å². The molecule has 1 amide bonds. The van der Waals surface area contributed by atoms with Crippen LogP contribution in [-0.4, -0.2) is 42.5 Å². The first-order valence-corrected chi connectivity index (χ1v) is 10.7. The number of benzene rings is 3. The molecule has 4 rings (SSSR count). The Bertz CT molecular complexity index is 1250. The standard InChI is InChI=1S/C27H24FNO5/c1-33-21-12-11-17(15-22(21)34-2)13-14-29-24(19-9-6-10-20(28)16-19)23(26(31)27(29)32)25(30)18-7-4-3-5-8-18/h3-12,15-16,24,30H,13-14H2,1-2H3/b25-23-. The topological polar surface area (TPSA) is 76.1 Å². The van der Waals surface area contributed by atoms with Gasteiger partial charge in [0.25, 0.3) is 11.7 Å². The number of amides is 1. The SMILES string of the molecule is COc1ccc(CCN2C(=O)C(=O)/C(=C(\O)c3ccccc3)C2c2cccc(F)c2)cc1OC. The molecule has 0 spiro atoms. The van der Waals surface area contributed by atoms with E-state index in [1.807, 2.05) is 6.07 Å². The zero-order valence-corrected chi connectivity index (χ0v) is 18.8. The molecule has 6 nitrogen and oxygen atoms in total. The number of hydrogen-bond acceptors (Lipinski definition) is 5. The molecule has 1 unspecified atom stereocenters. The lowest BCUT2D eigenvalue weighted by Gasteiger charge is -2.25. The Morgan fingerprint density at radius 3 is 2.35 bits per heavy atom. The maximum Gasteiger partial charge on any atom is 0.295 e. The minimum atomic E-state index is -0.920. The Balaban J connectivity index is 1.74. The number of aliphatic hydroxyl groups excluding tert-OH is 1. The van der Waals surface area contributed by atoms with Gasteiger partial charge in [0.15, 0.2) is 11.5 Å². The van der Waals surface area contributed by atoms with Gasteiger partial charge in [-0.2, -0.15) is 0 Å². The Morgan fingerprint density at radius 2 is 1.68 bits per heavy atom. The van der Waals surface area contributed by atoms with Crippen molar-refractivity contribution in [1.82, 2.24) is 4.90 Å². The summed E-state index contributed by atoms with van der Waals surface area (Å²) < 4.78 is 24.7. The minimum Gasteiger partial charge on any atom is -0.507 e. The van der Waals surface area contributed by atoms with Crippen molar-refractivity contribution in [3.05, 3.63) is 101 Å². The van der Waals surface area contributed by atoms with Crippen LogP contribution in [0.2, 0.25) is 0 Å². The van der Waals surface area contributed by atoms with Crippen LogP contribution >= 0.6 is 0 Å². The van der Waals surface area contributed by atoms with Crippen molar-refractivity contribution in [2.45, 2.75) is 12.5 Å². The van der Waals surface area contributed by atoms with Crippen molar-refractivity contribution in [2.24, 2.45) is 0 Å². The molecule has 0 bridgehead atoms. The molecule has 3 aromatic carbocycles. The minimum absolute atomic E-state index is 0.0610. The highest BCUT2D eigenvalue weighted by molar-refractivity contribution is 6.46. The number of nitrogens with zero attached hydrogens (tertiary/aromatic N) is 1. The summed E-state index contributed by atoms with van der Waals surface area (Å²) in [4.78, 5) is 27.5. The van der Waals surface area contributed by atoms with Gasteiger partial charge in [-0.25, -0.2) is 4.39 Å². The van der Waals surface area contributed by atoms with Crippen LogP contribution in [0.5, 0.6) is 11.5 Å². The third-order valence-electron chi connectivity index (χ3n) is 5.84. The number of Topliss-reactive ketones (excluding diaryl/α,β-unsaturated/α-hetero) is 1. The van der Waals surface area contributed by atoms with Crippen molar-refractivity contribution < 1.29 is 28.6 Å². The van der Waals surface area contributed by atoms with E-state index in [2.05, 4.69) is 0 Å². The summed E-state index contributed by atoms with van der Waals surface area (Å²) in [6, 6.07) is 18.7. The molecule has 1 heterocycles. The molecule has 1 aliphatic rings. The lowest BCUT2D eigenvalue weighted by atomic mass is 9.95. The Labute approximate surface area is 196 Å². The lowest BCUT2D eigenvalue weighted by molar-refractivity contribution is -0.139. The number of halogens is 1. The molecule has 0 saturated carbocycles. The van der Waals surface area contributed by atoms with Crippen molar-refractivity contribution >= 4 is 17.4 Å². The first-order valence-electron chi connectivity index (χ1n) is 10.7. The summed E-state index contributed by atoms with van der Waals surface area (Å²) in [5.74, 6) is -1.21. The van der Waals surface area contributed by atoms with Crippen LogP contribution in [0.1, 0.15) is 22.7 Å². The fraction of sp³-hybridized carbons (Fsp3) is 0.185. The van der Waals surface area contributed by atoms with E-state index in [0.29, 0.717) is 29.0 Å². The summed E-state index contributed by atoms with van der Waals surface area (Å²) in [6.07, 6.45) is 0.407. The highest BCUT2D eigenvalue weighted by atomic mass is 19.1. The summed E-state index contributed by atoms with van der Waals surface area (Å²) in [5.41, 5.74) is 1.61. The molecule has 34 heavy (non-hydrogen) atoms. The molecule has 1 N–H and O–H groups in total. The number of hydrogen-bond donors (Lipinski definition) is 1. The highest BCUT2D eigenvalue weighted by Gasteiger charge is 2.45. The number of ketones is 1. The number of likely N-dealkylation sites (tertiary alicyclic amines) is 1. The van der Waals surface area contributed by atoms with Gasteiger partial charge in [-0.1, -0.05) is 48.5 Å². The second-order valence-corrected chi connectivity index (χ2v) is 7.85. The second kappa shape index (κ2) is 9.79. The molecule has 174 valence electrons. The van der Waals surface area contributed by atoms with Crippen molar-refractivity contribution in [3.63, 3.8) is 0 Å². The molecule has 0 radical (unpaired) electrons. The van der Waals surface area contributed by atoms with E-state index in [1.165, 1.54) is 30.2 Å². The van der Waals surface area contributed by atoms with E-state index in [0.717, 1.165) is 5.56 Å². The molecule has 7 heteroatoms. The zero-order chi connectivity index (χ0) is 24.2. The summed E-state index contributed by atoms with van der Waals surface area (Å²) in [5, 5.41) is 11.0. The number of methoxy groups -OCH3 is 2. The quantitative estimate of drug-likeness (QED) is 0.318. The average Bonchev–Trinajstić information content (AvgIpc) is 3.12. The van der Waals surface area contributed by atoms with Crippen molar-refractivity contribution in [2.75, 3.05) is 20.8 Å². The molecular weight excluding hydrogens is 437 g/mol. The second-order valence-electron chi connectivity index (χ2n) is 7.85. The van der Waals surface area contributed by atoms with Crippen LogP contribution in [0.25, 0.3) is 5.76 Å². The van der Waals surface area contributed by atoms with Gasteiger partial charge in [0, 0.05) is 12.1 Å². The molecule has 3 aromatic rings. The van der Waals surface area contributed by atoms with Gasteiger partial charge in [-0.3, -0.25) is 9.59 Å². The fourth-order valence-corrected chi connectivity index (χ4v) is 4.17. The first-order chi connectivity index (χ1) is 16.4. The zero-order valence-electron chi connectivity index (χ0n) is 18.8. The maximum absolute atomic E-state index is 14.1. The van der Waals surface area contributed by atoms with Gasteiger partial charge in [0.05, 0.1) is 25.8 Å². The Morgan fingerprint density at radius 1 is 0.941 bits per heavy atom. The Hall–Kier alpha value is -4.13. The monoisotopic (exact) mass is 461 g/mol. The van der Waals surface area contributed by atoms with Gasteiger partial charge in [0.2, 0.25) is 0 Å². The predicted molar refractivity (Wildman–Crippen MR) is 125 cm³/mol. The van der Waals surface area contributed by atoms with Gasteiger partial charge < -0.3 is 19.5 Å². The van der Waals surface area contributed by atoms with E-state index >= 15 is 0 Å². The number of aliphatic hydroxyl groups is 1. The lowest BCUT2D eigenvalue weighted by Crippen LogP contribution is -2.31. The van der Waals surface area contributed by atoms with Crippen LogP contribution < -0.4 is 9.47 Å². The van der Waals surface area contributed by atoms with Gasteiger partial charge >= 0.3 is 0 Å². The van der Waals surface area contributed by atoms with Crippen molar-refractivity contribution in [3.8, 4) is 11.5 Å². The summed E-state index contributed by atoms with van der Waals surface area (Å²) >= 11 is 0. The van der Waals surface area contributed by atoms with Crippen LogP contribution in [0.15, 0.2) is 78.4 Å². The number of carbonyl (C=O) groups is 2. The predicted octanol–water partition coefficient (Wildman–Crippen LogP) is 4.51. The number of ether oxygens (including phenoxy) is 2. The van der Waals surface area contributed by atoms with E-state index in [-0.39, 0.29) is 17.9 Å². The molecule has 1 atom stereocenters. The first kappa shape index (κ1) is 23.0. The molecular formula is C27H24FNO5. The molecule has 0 aromatic heterocycles. The molecule has 0 aliphatic carbocycles. The van der Waals surface area contributed by atoms with Crippen molar-refractivity contribution in [1.29, 1.82) is 0 Å². The van der Waals surface area contributed by atoms with Gasteiger partial charge in [-0.05, 0) is 41.8 Å². The molecule has 1 aliphatic heterocycles. The molecule has 1 fully saturated rings. The fourth-order valence-electron chi connectivity index (χ4n) is 4.17. The van der Waals surface area contributed by atoms with Crippen LogP contribution in [-0.2, 0) is 16.0 Å². The Kier molecular flexibility index (Phi) is 6.63. The summed E-state index contributed by atoms with van der Waals surface area (Å²) in [6.45, 7) is 0.173. The van der Waals surface area contributed by atoms with E-state index in [4.69, 9.17) is 9.47 Å². The van der Waals surface area contributed by atoms with Crippen LogP contribution in [0, 0.1) is 5.82 Å². The third kappa shape index (κ3) is 4.37. The third-order valence-corrected chi connectivity index (χ3v) is 5.84. The smallest absolute Gasteiger partial charge is 0.295 e. The summed E-state index contributed by atoms with van der Waals surface area (Å²) in [7, 11) is 3.08. The van der Waals surface area contributed by atoms with E-state index in [9.17, 15) is 19.1 Å². The van der Waals surface area contributed by atoms with E-state index in [1.54, 1.807) is 55.6 Å². The van der Waals surface area contributed by atoms with Crippen LogP contribution in [0.4, 0.5) is 4.39 Å². The van der Waals surface area contributed by atoms with Gasteiger partial charge in [0.1, 0.15) is 11.6 Å². The highest BCUT2D eigenvalue weighted by Crippen LogP contribution is 2.39. The number of rotatable bonds is 7. The number of carbonyl (C=O) groups excluding carboxylic acids is 2. The average molecular weight is 461 g/mol. The van der Waals surface area contributed by atoms with E-state index < -0.39 is 23.5 Å². The molecule has 1 saturated heterocycles. The van der Waals surface area contributed by atoms with Crippen LogP contribution in [0.3, 0.4) is 0 Å².